The van der Waals surface area contributed by atoms with E-state index in [2.05, 4.69) is 74.3 Å². The first-order valence-electron chi connectivity index (χ1n) is 18.1. The van der Waals surface area contributed by atoms with Crippen LogP contribution in [0.25, 0.3) is 0 Å². The molecule has 3 fully saturated rings. The Bertz CT molecular complexity index is 1830. The van der Waals surface area contributed by atoms with Crippen LogP contribution in [0.1, 0.15) is 38.5 Å². The van der Waals surface area contributed by atoms with Gasteiger partial charge in [0.1, 0.15) is 0 Å². The minimum absolute atomic E-state index is 0. The minimum Gasteiger partial charge on any atom is -0.197 e. The summed E-state index contributed by atoms with van der Waals surface area (Å²) < 4.78 is 128. The summed E-state index contributed by atoms with van der Waals surface area (Å²) in [4.78, 5) is 23.3. The van der Waals surface area contributed by atoms with Crippen molar-refractivity contribution in [3.05, 3.63) is 127 Å². The fourth-order valence-electron chi connectivity index (χ4n) is 6.69. The summed E-state index contributed by atoms with van der Waals surface area (Å²) in [6.07, 6.45) is 11.6. The van der Waals surface area contributed by atoms with Gasteiger partial charge in [-0.25, -0.2) is 9.59 Å². The first-order valence-corrected chi connectivity index (χ1v) is 28.0. The van der Waals surface area contributed by atoms with E-state index in [1.165, 1.54) is 65.1 Å². The SMILES string of the molecule is C=C1CCCP1c1ccccc1.C=C1CCC[P+]1(CC(=O)OC)c1ccccc1.C=C1CCC[P+]1(CC(=O)OC)c1ccccc1.F[P-](F)(F)(F)(F)F.F[P-](F)(F)(F)(F)F.S. The van der Waals surface area contributed by atoms with E-state index in [0.29, 0.717) is 12.3 Å². The molecular formula is C39H51F12O4P5S. The Kier molecular flexibility index (Phi) is 19.0. The van der Waals surface area contributed by atoms with E-state index in [9.17, 15) is 60.0 Å². The van der Waals surface area contributed by atoms with E-state index in [1.807, 2.05) is 36.4 Å². The first kappa shape index (κ1) is 56.5. The second-order valence-electron chi connectivity index (χ2n) is 13.9. The van der Waals surface area contributed by atoms with Gasteiger partial charge >= 0.3 is 77.9 Å². The van der Waals surface area contributed by atoms with Crippen molar-refractivity contribution in [2.45, 2.75) is 38.5 Å². The molecule has 0 radical (unpaired) electrons. The Morgan fingerprint density at radius 1 is 0.557 bits per heavy atom. The molecule has 3 unspecified atom stereocenters. The van der Waals surface area contributed by atoms with Gasteiger partial charge in [0.05, 0.1) is 62.3 Å². The van der Waals surface area contributed by atoms with Crippen molar-refractivity contribution in [3.8, 4) is 0 Å². The van der Waals surface area contributed by atoms with Crippen molar-refractivity contribution < 1.29 is 69.4 Å². The number of hydrogen-bond donors (Lipinski definition) is 0. The summed E-state index contributed by atoms with van der Waals surface area (Å²) in [5.41, 5.74) is 0. The second kappa shape index (κ2) is 20.5. The number of rotatable bonds is 7. The van der Waals surface area contributed by atoms with Crippen LogP contribution in [0.15, 0.2) is 127 Å². The van der Waals surface area contributed by atoms with E-state index in [0.717, 1.165) is 38.0 Å². The quantitative estimate of drug-likeness (QED) is 0.134. The van der Waals surface area contributed by atoms with E-state index >= 15 is 0 Å². The Labute approximate surface area is 358 Å². The molecule has 3 aromatic rings. The van der Waals surface area contributed by atoms with E-state index in [4.69, 9.17) is 9.47 Å². The van der Waals surface area contributed by atoms with Crippen molar-refractivity contribution in [3.63, 3.8) is 0 Å². The van der Waals surface area contributed by atoms with Crippen molar-refractivity contribution in [1.82, 2.24) is 0 Å². The van der Waals surface area contributed by atoms with E-state index in [1.54, 1.807) is 0 Å². The van der Waals surface area contributed by atoms with Crippen molar-refractivity contribution in [2.75, 3.05) is 45.0 Å². The maximum Gasteiger partial charge on any atom is -0.197 e. The standard InChI is InChI=1S/2C14H18O2P.C11H13P.2F6P.H2S/c2*1-12-7-6-10-17(12,11-14(15)16-2)13-8-4-3-5-9-13;1-10-6-5-9-12(10)11-7-3-2-4-8-11;2*1-7(2,3,4,5)6;/h2*3-5,8-9H,1,6-7,10-11H2,2H3;2-4,7-8H,1,5-6,9H2;;;1H2/q2*+1;;2*-1;. The molecular weight excluding hydrogens is 947 g/mol. The number of ether oxygens (including phenoxy) is 2. The zero-order chi connectivity index (χ0) is 45.8. The third-order valence-electron chi connectivity index (χ3n) is 9.27. The molecule has 0 amide bonds. The molecule has 61 heavy (non-hydrogen) atoms. The topological polar surface area (TPSA) is 52.6 Å². The van der Waals surface area contributed by atoms with E-state index in [-0.39, 0.29) is 33.4 Å². The zero-order valence-electron chi connectivity index (χ0n) is 33.5. The van der Waals surface area contributed by atoms with Crippen LogP contribution in [0.2, 0.25) is 0 Å². The van der Waals surface area contributed by atoms with Gasteiger partial charge in [-0.05, 0) is 74.7 Å². The maximum absolute atomic E-state index is 11.7. The largest absolute Gasteiger partial charge is 0.197 e. The molecule has 3 aliphatic rings. The molecule has 0 aromatic heterocycles. The third-order valence-corrected chi connectivity index (χ3v) is 21.1. The predicted molar refractivity (Wildman–Crippen MR) is 240 cm³/mol. The number of esters is 2. The van der Waals surface area contributed by atoms with Crippen LogP contribution < -0.4 is 15.9 Å². The zero-order valence-corrected chi connectivity index (χ0v) is 38.9. The molecule has 3 atom stereocenters. The van der Waals surface area contributed by atoms with Gasteiger partial charge in [-0.15, -0.1) is 0 Å². The van der Waals surface area contributed by atoms with Gasteiger partial charge in [0, 0.05) is 12.8 Å². The van der Waals surface area contributed by atoms with Gasteiger partial charge in [0.25, 0.3) is 0 Å². The summed E-state index contributed by atoms with van der Waals surface area (Å²) in [7, 11) is -21.5. The van der Waals surface area contributed by atoms with Gasteiger partial charge in [-0.2, -0.15) is 13.5 Å². The average Bonchev–Trinajstić information content (AvgIpc) is 3.85. The Hall–Kier alpha value is -2.52. The fourth-order valence-corrected chi connectivity index (χ4v) is 17.3. The summed E-state index contributed by atoms with van der Waals surface area (Å²) in [5, 5.41) is 8.13. The number of carbonyl (C=O) groups is 2. The molecule has 0 aliphatic carbocycles. The van der Waals surface area contributed by atoms with Crippen LogP contribution in [-0.2, 0) is 19.1 Å². The van der Waals surface area contributed by atoms with Gasteiger partial charge < -0.3 is 9.47 Å². The number of allylic oxidation sites excluding steroid dienone is 3. The summed E-state index contributed by atoms with van der Waals surface area (Å²) in [6, 6.07) is 31.5. The Balaban J connectivity index is 0.000000398. The average molecular weight is 999 g/mol. The monoisotopic (exact) mass is 998 g/mol. The molecule has 0 spiro atoms. The molecule has 4 nitrogen and oxygen atoms in total. The number of hydrogen-bond acceptors (Lipinski definition) is 4. The summed E-state index contributed by atoms with van der Waals surface area (Å²) in [5.74, 6) is -0.213. The van der Waals surface area contributed by atoms with Crippen LogP contribution in [-0.4, -0.2) is 57.0 Å². The molecule has 22 heteroatoms. The van der Waals surface area contributed by atoms with Crippen LogP contribution in [0.4, 0.5) is 50.4 Å². The van der Waals surface area contributed by atoms with Crippen LogP contribution in [0, 0.1) is 0 Å². The molecule has 3 aliphatic heterocycles. The van der Waals surface area contributed by atoms with Crippen LogP contribution >= 0.6 is 51.6 Å². The Morgan fingerprint density at radius 2 is 0.869 bits per heavy atom. The molecule has 3 saturated heterocycles. The number of methoxy groups -OCH3 is 2. The molecule has 3 aromatic carbocycles. The van der Waals surface area contributed by atoms with Gasteiger partial charge in [-0.1, -0.05) is 86.5 Å². The van der Waals surface area contributed by atoms with Crippen LogP contribution in [0.3, 0.4) is 0 Å². The first-order chi connectivity index (χ1) is 27.2. The van der Waals surface area contributed by atoms with Crippen molar-refractivity contribution in [2.24, 2.45) is 0 Å². The normalized spacial score (nSPS) is 23.0. The molecule has 346 valence electrons. The number of halogens is 12. The number of benzene rings is 3. The fraction of sp³-hybridized carbons (Fsp3) is 0.333. The predicted octanol–water partition coefficient (Wildman–Crippen LogP) is 15.6. The molecule has 0 bridgehead atoms. The van der Waals surface area contributed by atoms with Crippen LogP contribution in [0.5, 0.6) is 0 Å². The van der Waals surface area contributed by atoms with Gasteiger partial charge in [0.2, 0.25) is 0 Å². The molecule has 6 rings (SSSR count). The smallest absolute Gasteiger partial charge is 0.197 e. The van der Waals surface area contributed by atoms with Crippen molar-refractivity contribution >= 4 is 79.4 Å². The summed E-state index contributed by atoms with van der Waals surface area (Å²) in [6.45, 7) is 12.6. The second-order valence-corrected chi connectivity index (χ2v) is 27.9. The third kappa shape index (κ3) is 23.1. The molecule has 0 saturated carbocycles. The van der Waals surface area contributed by atoms with Gasteiger partial charge in [-0.3, -0.25) is 0 Å². The maximum atomic E-state index is 11.7. The summed E-state index contributed by atoms with van der Waals surface area (Å²) >= 11 is 0. The molecule has 3 heterocycles. The van der Waals surface area contributed by atoms with Gasteiger partial charge in [0.15, 0.2) is 12.3 Å². The minimum atomic E-state index is -10.7. The van der Waals surface area contributed by atoms with E-state index < -0.39 is 30.1 Å². The molecule has 0 N–H and O–H groups in total. The van der Waals surface area contributed by atoms with Crippen molar-refractivity contribution in [1.29, 1.82) is 0 Å². The Morgan fingerprint density at radius 3 is 1.11 bits per heavy atom. The number of carbonyl (C=O) groups excluding carboxylic acids is 2.